The zero-order valence-electron chi connectivity index (χ0n) is 12.1. The van der Waals surface area contributed by atoms with E-state index in [1.54, 1.807) is 12.1 Å². The molecule has 0 amide bonds. The third kappa shape index (κ3) is 4.25. The lowest BCUT2D eigenvalue weighted by Gasteiger charge is -2.36. The normalized spacial score (nSPS) is 19.0. The minimum atomic E-state index is -0.401. The maximum atomic E-state index is 13.7. The van der Waals surface area contributed by atoms with Crippen molar-refractivity contribution in [2.75, 3.05) is 19.6 Å². The van der Waals surface area contributed by atoms with E-state index in [4.69, 9.17) is 0 Å². The molecule has 0 bridgehead atoms. The van der Waals surface area contributed by atoms with Crippen LogP contribution < -0.4 is 0 Å². The van der Waals surface area contributed by atoms with Crippen LogP contribution >= 0.6 is 22.6 Å². The van der Waals surface area contributed by atoms with E-state index >= 15 is 0 Å². The Labute approximate surface area is 133 Å². The van der Waals surface area contributed by atoms with Crippen LogP contribution in [0.3, 0.4) is 0 Å². The average molecular weight is 389 g/mol. The number of likely N-dealkylation sites (tertiary alicyclic amines) is 1. The summed E-state index contributed by atoms with van der Waals surface area (Å²) in [6.07, 6.45) is 2.73. The van der Waals surface area contributed by atoms with E-state index in [0.29, 0.717) is 11.8 Å². The Morgan fingerprint density at radius 2 is 2.00 bits per heavy atom. The Morgan fingerprint density at radius 3 is 2.60 bits per heavy atom. The Balaban J connectivity index is 1.87. The van der Waals surface area contributed by atoms with Gasteiger partial charge in [0.1, 0.15) is 5.82 Å². The molecule has 0 atom stereocenters. The van der Waals surface area contributed by atoms with E-state index in [9.17, 15) is 9.18 Å². The first-order valence-corrected chi connectivity index (χ1v) is 8.16. The van der Waals surface area contributed by atoms with Gasteiger partial charge in [0, 0.05) is 16.5 Å². The fourth-order valence-electron chi connectivity index (χ4n) is 2.49. The monoisotopic (exact) mass is 389 g/mol. The number of carbonyl (C=O) groups excluding carboxylic acids is 1. The predicted molar refractivity (Wildman–Crippen MR) is 87.5 cm³/mol. The van der Waals surface area contributed by atoms with Crippen LogP contribution in [0.5, 0.6) is 0 Å². The van der Waals surface area contributed by atoms with Crippen molar-refractivity contribution >= 4 is 28.4 Å². The molecular weight excluding hydrogens is 368 g/mol. The number of Topliss-reactive ketones (excluding diaryl/α,β-unsaturated/α-hetero) is 1. The molecule has 1 aliphatic rings. The molecule has 1 saturated heterocycles. The number of hydrogen-bond donors (Lipinski definition) is 0. The highest BCUT2D eigenvalue weighted by molar-refractivity contribution is 14.1. The molecule has 0 saturated carbocycles. The summed E-state index contributed by atoms with van der Waals surface area (Å²) in [4.78, 5) is 14.4. The van der Waals surface area contributed by atoms with E-state index in [1.807, 2.05) is 22.6 Å². The first-order valence-electron chi connectivity index (χ1n) is 7.08. The van der Waals surface area contributed by atoms with E-state index in [-0.39, 0.29) is 11.3 Å². The maximum Gasteiger partial charge on any atom is 0.167 e. The number of rotatable bonds is 4. The fraction of sp³-hybridized carbons (Fsp3) is 0.562. The van der Waals surface area contributed by atoms with Gasteiger partial charge in [0.2, 0.25) is 0 Å². The first-order chi connectivity index (χ1) is 9.37. The SMILES string of the molecule is CC1(C)CCN(CCC(=O)c2ccc(I)cc2F)CC1. The lowest BCUT2D eigenvalue weighted by Crippen LogP contribution is -2.38. The zero-order chi connectivity index (χ0) is 14.8. The molecule has 4 heteroatoms. The summed E-state index contributed by atoms with van der Waals surface area (Å²) in [6.45, 7) is 7.39. The highest BCUT2D eigenvalue weighted by atomic mass is 127. The second kappa shape index (κ2) is 6.52. The molecule has 1 aromatic rings. The summed E-state index contributed by atoms with van der Waals surface area (Å²) in [7, 11) is 0. The van der Waals surface area contributed by atoms with E-state index in [1.165, 1.54) is 18.9 Å². The zero-order valence-corrected chi connectivity index (χ0v) is 14.2. The molecule has 0 radical (unpaired) electrons. The highest BCUT2D eigenvalue weighted by Gasteiger charge is 2.25. The molecule has 2 rings (SSSR count). The van der Waals surface area contributed by atoms with Gasteiger partial charge in [-0.25, -0.2) is 4.39 Å². The van der Waals surface area contributed by atoms with E-state index in [0.717, 1.165) is 23.2 Å². The summed E-state index contributed by atoms with van der Waals surface area (Å²) >= 11 is 2.05. The molecule has 2 nitrogen and oxygen atoms in total. The number of benzene rings is 1. The smallest absolute Gasteiger partial charge is 0.167 e. The fourth-order valence-corrected chi connectivity index (χ4v) is 2.95. The summed E-state index contributed by atoms with van der Waals surface area (Å²) in [5.74, 6) is -0.495. The van der Waals surface area contributed by atoms with Gasteiger partial charge in [-0.05, 0) is 72.1 Å². The minimum absolute atomic E-state index is 0.0938. The quantitative estimate of drug-likeness (QED) is 0.570. The number of nitrogens with zero attached hydrogens (tertiary/aromatic N) is 1. The summed E-state index contributed by atoms with van der Waals surface area (Å²) < 4.78 is 14.5. The van der Waals surface area contributed by atoms with Crippen LogP contribution in [-0.4, -0.2) is 30.3 Å². The number of halogens is 2. The molecule has 0 unspecified atom stereocenters. The van der Waals surface area contributed by atoms with Crippen LogP contribution in [0.15, 0.2) is 18.2 Å². The topological polar surface area (TPSA) is 20.3 Å². The van der Waals surface area contributed by atoms with Crippen molar-refractivity contribution in [1.82, 2.24) is 4.90 Å². The Bertz CT molecular complexity index is 491. The second-order valence-corrected chi connectivity index (χ2v) is 7.55. The van der Waals surface area contributed by atoms with Crippen LogP contribution in [0.1, 0.15) is 43.5 Å². The molecule has 1 aliphatic heterocycles. The number of hydrogen-bond acceptors (Lipinski definition) is 2. The van der Waals surface area contributed by atoms with Crippen molar-refractivity contribution in [2.45, 2.75) is 33.1 Å². The van der Waals surface area contributed by atoms with Gasteiger partial charge < -0.3 is 4.90 Å². The van der Waals surface area contributed by atoms with Crippen molar-refractivity contribution in [3.05, 3.63) is 33.1 Å². The van der Waals surface area contributed by atoms with E-state index < -0.39 is 5.82 Å². The molecule has 110 valence electrons. The van der Waals surface area contributed by atoms with Gasteiger partial charge in [0.15, 0.2) is 5.78 Å². The van der Waals surface area contributed by atoms with Gasteiger partial charge in [0.05, 0.1) is 5.56 Å². The summed E-state index contributed by atoms with van der Waals surface area (Å²) in [5, 5.41) is 0. The number of piperidine rings is 1. The molecule has 1 aromatic carbocycles. The van der Waals surface area contributed by atoms with E-state index in [2.05, 4.69) is 18.7 Å². The molecule has 0 aromatic heterocycles. The van der Waals surface area contributed by atoms with Crippen LogP contribution in [0.4, 0.5) is 4.39 Å². The van der Waals surface area contributed by atoms with Gasteiger partial charge in [0.25, 0.3) is 0 Å². The van der Waals surface area contributed by atoms with Gasteiger partial charge in [-0.1, -0.05) is 13.8 Å². The predicted octanol–water partition coefficient (Wildman–Crippen LogP) is 4.13. The molecule has 0 aliphatic carbocycles. The minimum Gasteiger partial charge on any atom is -0.303 e. The highest BCUT2D eigenvalue weighted by Crippen LogP contribution is 2.29. The average Bonchev–Trinajstić information content (AvgIpc) is 2.37. The Morgan fingerprint density at radius 1 is 1.35 bits per heavy atom. The van der Waals surface area contributed by atoms with Gasteiger partial charge in [-0.2, -0.15) is 0 Å². The molecular formula is C16H21FINO. The maximum absolute atomic E-state index is 13.7. The largest absolute Gasteiger partial charge is 0.303 e. The summed E-state index contributed by atoms with van der Waals surface area (Å²) in [6, 6.07) is 4.79. The molecule has 0 spiro atoms. The van der Waals surface area contributed by atoms with Crippen LogP contribution in [0.25, 0.3) is 0 Å². The lowest BCUT2D eigenvalue weighted by atomic mass is 9.82. The molecule has 0 N–H and O–H groups in total. The number of ketones is 1. The van der Waals surface area contributed by atoms with Crippen LogP contribution in [0, 0.1) is 14.8 Å². The Kier molecular flexibility index (Phi) is 5.18. The molecule has 20 heavy (non-hydrogen) atoms. The van der Waals surface area contributed by atoms with Gasteiger partial charge in [-0.15, -0.1) is 0 Å². The van der Waals surface area contributed by atoms with Gasteiger partial charge >= 0.3 is 0 Å². The van der Waals surface area contributed by atoms with Crippen molar-refractivity contribution in [2.24, 2.45) is 5.41 Å². The van der Waals surface area contributed by atoms with Crippen LogP contribution in [0.2, 0.25) is 0 Å². The standard InChI is InChI=1S/C16H21FINO/c1-16(2)6-9-19(10-7-16)8-5-15(20)13-4-3-12(18)11-14(13)17/h3-4,11H,5-10H2,1-2H3. The third-order valence-electron chi connectivity index (χ3n) is 4.10. The Hall–Kier alpha value is -0.490. The third-order valence-corrected chi connectivity index (χ3v) is 4.77. The molecule has 1 fully saturated rings. The second-order valence-electron chi connectivity index (χ2n) is 6.30. The van der Waals surface area contributed by atoms with Crippen molar-refractivity contribution in [3.63, 3.8) is 0 Å². The van der Waals surface area contributed by atoms with Gasteiger partial charge in [-0.3, -0.25) is 4.79 Å². The number of carbonyl (C=O) groups is 1. The first kappa shape index (κ1) is 15.9. The van der Waals surface area contributed by atoms with Crippen molar-refractivity contribution < 1.29 is 9.18 Å². The lowest BCUT2D eigenvalue weighted by molar-refractivity contribution is 0.0923. The molecule has 1 heterocycles. The van der Waals surface area contributed by atoms with Crippen molar-refractivity contribution in [1.29, 1.82) is 0 Å². The summed E-state index contributed by atoms with van der Waals surface area (Å²) in [5.41, 5.74) is 0.644. The van der Waals surface area contributed by atoms with Crippen molar-refractivity contribution in [3.8, 4) is 0 Å². The van der Waals surface area contributed by atoms with Crippen LogP contribution in [-0.2, 0) is 0 Å².